The number of nitrogen functional groups attached to an aromatic ring is 1. The maximum atomic E-state index is 5.94. The van der Waals surface area contributed by atoms with E-state index in [1.807, 2.05) is 6.07 Å². The van der Waals surface area contributed by atoms with Crippen LogP contribution in [0.2, 0.25) is 5.15 Å². The quantitative estimate of drug-likeness (QED) is 0.822. The monoisotopic (exact) mass is 239 g/mol. The van der Waals surface area contributed by atoms with Crippen LogP contribution in [-0.2, 0) is 0 Å². The van der Waals surface area contributed by atoms with E-state index in [1.54, 1.807) is 6.07 Å². The van der Waals surface area contributed by atoms with E-state index in [2.05, 4.69) is 23.7 Å². The summed E-state index contributed by atoms with van der Waals surface area (Å²) < 4.78 is 0. The summed E-state index contributed by atoms with van der Waals surface area (Å²) in [7, 11) is 0. The Morgan fingerprint density at radius 1 is 1.50 bits per heavy atom. The van der Waals surface area contributed by atoms with Gasteiger partial charge in [0.1, 0.15) is 11.0 Å². The molecule has 0 spiro atoms. The fourth-order valence-electron chi connectivity index (χ4n) is 1.86. The lowest BCUT2D eigenvalue weighted by Gasteiger charge is -2.25. The summed E-state index contributed by atoms with van der Waals surface area (Å²) in [4.78, 5) is 6.69. The molecule has 1 saturated carbocycles. The van der Waals surface area contributed by atoms with Gasteiger partial charge in [-0.3, -0.25) is 0 Å². The minimum atomic E-state index is 0.476. The van der Waals surface area contributed by atoms with Gasteiger partial charge in [-0.2, -0.15) is 0 Å². The molecule has 1 aliphatic carbocycles. The van der Waals surface area contributed by atoms with Gasteiger partial charge in [-0.15, -0.1) is 0 Å². The average Bonchev–Trinajstić information content (AvgIpc) is 2.95. The van der Waals surface area contributed by atoms with E-state index >= 15 is 0 Å². The summed E-state index contributed by atoms with van der Waals surface area (Å²) in [5.41, 5.74) is 6.48. The predicted molar refractivity (Wildman–Crippen MR) is 68.9 cm³/mol. The van der Waals surface area contributed by atoms with Crippen molar-refractivity contribution in [2.24, 2.45) is 5.92 Å². The van der Waals surface area contributed by atoms with Crippen molar-refractivity contribution in [3.63, 3.8) is 0 Å². The third-order valence-electron chi connectivity index (χ3n) is 2.65. The standard InChI is InChI=1S/C12H18ClN3/c1-8(2)7-16(10-3-4-10)12-6-9(14)5-11(13)15-12/h5-6,8,10H,3-4,7H2,1-2H3,(H2,14,15). The average molecular weight is 240 g/mol. The van der Waals surface area contributed by atoms with Gasteiger partial charge in [0.05, 0.1) is 0 Å². The van der Waals surface area contributed by atoms with Crippen LogP contribution < -0.4 is 10.6 Å². The number of nitrogens with two attached hydrogens (primary N) is 1. The summed E-state index contributed by atoms with van der Waals surface area (Å²) in [5.74, 6) is 1.53. The molecule has 2 rings (SSSR count). The van der Waals surface area contributed by atoms with E-state index in [9.17, 15) is 0 Å². The molecular formula is C12H18ClN3. The highest BCUT2D eigenvalue weighted by Crippen LogP contribution is 2.32. The van der Waals surface area contributed by atoms with Crippen LogP contribution in [0.3, 0.4) is 0 Å². The zero-order chi connectivity index (χ0) is 11.7. The van der Waals surface area contributed by atoms with Gasteiger partial charge in [0.25, 0.3) is 0 Å². The van der Waals surface area contributed by atoms with Gasteiger partial charge in [-0.25, -0.2) is 4.98 Å². The molecule has 88 valence electrons. The van der Waals surface area contributed by atoms with Gasteiger partial charge >= 0.3 is 0 Å². The van der Waals surface area contributed by atoms with Crippen molar-refractivity contribution in [3.8, 4) is 0 Å². The summed E-state index contributed by atoms with van der Waals surface area (Å²) in [5, 5.41) is 0.476. The second-order valence-corrected chi connectivity index (χ2v) is 5.25. The van der Waals surface area contributed by atoms with Crippen LogP contribution in [0, 0.1) is 5.92 Å². The number of hydrogen-bond acceptors (Lipinski definition) is 3. The van der Waals surface area contributed by atoms with Gasteiger partial charge < -0.3 is 10.6 Å². The maximum Gasteiger partial charge on any atom is 0.133 e. The Labute approximate surface area is 102 Å². The molecule has 16 heavy (non-hydrogen) atoms. The number of hydrogen-bond donors (Lipinski definition) is 1. The van der Waals surface area contributed by atoms with E-state index in [1.165, 1.54) is 12.8 Å². The molecule has 1 heterocycles. The summed E-state index contributed by atoms with van der Waals surface area (Å²) in [6, 6.07) is 4.23. The highest BCUT2D eigenvalue weighted by molar-refractivity contribution is 6.29. The smallest absolute Gasteiger partial charge is 0.133 e. The van der Waals surface area contributed by atoms with Gasteiger partial charge in [0.15, 0.2) is 0 Å². The van der Waals surface area contributed by atoms with Crippen LogP contribution in [-0.4, -0.2) is 17.6 Å². The second-order valence-electron chi connectivity index (χ2n) is 4.86. The SMILES string of the molecule is CC(C)CN(c1cc(N)cc(Cl)n1)C1CC1. The molecule has 4 heteroatoms. The largest absolute Gasteiger partial charge is 0.399 e. The lowest BCUT2D eigenvalue weighted by molar-refractivity contribution is 0.603. The molecule has 0 unspecified atom stereocenters. The molecule has 0 amide bonds. The Morgan fingerprint density at radius 3 is 2.69 bits per heavy atom. The summed E-state index contributed by atoms with van der Waals surface area (Å²) >= 11 is 5.94. The van der Waals surface area contributed by atoms with E-state index < -0.39 is 0 Å². The van der Waals surface area contributed by atoms with Crippen LogP contribution in [0.5, 0.6) is 0 Å². The highest BCUT2D eigenvalue weighted by Gasteiger charge is 2.30. The Morgan fingerprint density at radius 2 is 2.19 bits per heavy atom. The molecule has 1 fully saturated rings. The van der Waals surface area contributed by atoms with E-state index in [0.29, 0.717) is 22.8 Å². The molecule has 3 nitrogen and oxygen atoms in total. The van der Waals surface area contributed by atoms with Crippen LogP contribution in [0.15, 0.2) is 12.1 Å². The Bertz CT molecular complexity index is 354. The molecule has 1 aliphatic rings. The molecular weight excluding hydrogens is 222 g/mol. The first-order valence-corrected chi connectivity index (χ1v) is 6.14. The summed E-state index contributed by atoms with van der Waals surface area (Å²) in [6.07, 6.45) is 2.50. The van der Waals surface area contributed by atoms with E-state index in [-0.39, 0.29) is 0 Å². The Hall–Kier alpha value is -0.960. The zero-order valence-electron chi connectivity index (χ0n) is 9.78. The van der Waals surface area contributed by atoms with Crippen molar-refractivity contribution in [1.29, 1.82) is 0 Å². The normalized spacial score (nSPS) is 15.5. The predicted octanol–water partition coefficient (Wildman–Crippen LogP) is 2.94. The van der Waals surface area contributed by atoms with Crippen molar-refractivity contribution >= 4 is 23.1 Å². The Balaban J connectivity index is 2.23. The minimum Gasteiger partial charge on any atom is -0.399 e. The van der Waals surface area contributed by atoms with E-state index in [0.717, 1.165) is 12.4 Å². The highest BCUT2D eigenvalue weighted by atomic mass is 35.5. The number of nitrogens with zero attached hydrogens (tertiary/aromatic N) is 2. The molecule has 0 bridgehead atoms. The van der Waals surface area contributed by atoms with Gasteiger partial charge in [-0.05, 0) is 24.8 Å². The van der Waals surface area contributed by atoms with Crippen molar-refractivity contribution in [2.45, 2.75) is 32.7 Å². The third-order valence-corrected chi connectivity index (χ3v) is 2.84. The van der Waals surface area contributed by atoms with Crippen LogP contribution >= 0.6 is 11.6 Å². The molecule has 0 atom stereocenters. The molecule has 0 radical (unpaired) electrons. The second kappa shape index (κ2) is 4.50. The fraction of sp³-hybridized carbons (Fsp3) is 0.583. The molecule has 0 saturated heterocycles. The minimum absolute atomic E-state index is 0.476. The lowest BCUT2D eigenvalue weighted by atomic mass is 10.2. The first-order chi connectivity index (χ1) is 7.56. The number of aromatic nitrogens is 1. The van der Waals surface area contributed by atoms with Gasteiger partial charge in [0.2, 0.25) is 0 Å². The van der Waals surface area contributed by atoms with Gasteiger partial charge in [-0.1, -0.05) is 25.4 Å². The third kappa shape index (κ3) is 2.79. The molecule has 1 aromatic heterocycles. The lowest BCUT2D eigenvalue weighted by Crippen LogP contribution is -2.30. The molecule has 1 aromatic rings. The molecule has 0 aromatic carbocycles. The first kappa shape index (κ1) is 11.5. The number of rotatable bonds is 4. The van der Waals surface area contributed by atoms with Crippen molar-refractivity contribution in [2.75, 3.05) is 17.2 Å². The number of halogens is 1. The van der Waals surface area contributed by atoms with Crippen LogP contribution in [0.4, 0.5) is 11.5 Å². The maximum absolute atomic E-state index is 5.94. The van der Waals surface area contributed by atoms with Gasteiger partial charge in [0, 0.05) is 24.3 Å². The zero-order valence-corrected chi connectivity index (χ0v) is 10.5. The van der Waals surface area contributed by atoms with Crippen LogP contribution in [0.1, 0.15) is 26.7 Å². The fourth-order valence-corrected chi connectivity index (χ4v) is 2.07. The molecule has 0 aliphatic heterocycles. The van der Waals surface area contributed by atoms with Crippen molar-refractivity contribution < 1.29 is 0 Å². The number of anilines is 2. The summed E-state index contributed by atoms with van der Waals surface area (Å²) in [6.45, 7) is 5.43. The van der Waals surface area contributed by atoms with Crippen LogP contribution in [0.25, 0.3) is 0 Å². The first-order valence-electron chi connectivity index (χ1n) is 5.76. The topological polar surface area (TPSA) is 42.1 Å². The van der Waals surface area contributed by atoms with E-state index in [4.69, 9.17) is 17.3 Å². The van der Waals surface area contributed by atoms with Crippen molar-refractivity contribution in [1.82, 2.24) is 4.98 Å². The number of pyridine rings is 1. The Kier molecular flexibility index (Phi) is 3.24. The van der Waals surface area contributed by atoms with Crippen molar-refractivity contribution in [3.05, 3.63) is 17.3 Å². The molecule has 2 N–H and O–H groups in total.